The molecule has 21 heavy (non-hydrogen) atoms. The Morgan fingerprint density at radius 3 is 2.57 bits per heavy atom. The fourth-order valence-electron chi connectivity index (χ4n) is 2.26. The van der Waals surface area contributed by atoms with Gasteiger partial charge in [0, 0.05) is 6.54 Å². The summed E-state index contributed by atoms with van der Waals surface area (Å²) in [6, 6.07) is 18.2. The number of aryl methyl sites for hydroxylation is 1. The number of nitrogens with one attached hydrogen (secondary N) is 2. The first-order chi connectivity index (χ1) is 10.1. The van der Waals surface area contributed by atoms with Crippen molar-refractivity contribution in [2.75, 3.05) is 6.54 Å². The SMILES string of the molecule is Cc1cccc(CCNC(=O)NC(C)c2ccccc2)c1. The first kappa shape index (κ1) is 15.1. The van der Waals surface area contributed by atoms with Crippen LogP contribution in [-0.2, 0) is 6.42 Å². The predicted molar refractivity (Wildman–Crippen MR) is 86.3 cm³/mol. The fraction of sp³-hybridized carbons (Fsp3) is 0.278. The van der Waals surface area contributed by atoms with Crippen LogP contribution in [0.1, 0.15) is 29.7 Å². The number of rotatable bonds is 5. The molecule has 110 valence electrons. The Balaban J connectivity index is 1.75. The third kappa shape index (κ3) is 4.95. The number of urea groups is 1. The van der Waals surface area contributed by atoms with Gasteiger partial charge in [0.15, 0.2) is 0 Å². The lowest BCUT2D eigenvalue weighted by molar-refractivity contribution is 0.238. The number of amides is 2. The topological polar surface area (TPSA) is 41.1 Å². The molecule has 0 saturated heterocycles. The number of carbonyl (C=O) groups is 1. The van der Waals surface area contributed by atoms with Crippen LogP contribution in [0.15, 0.2) is 54.6 Å². The second kappa shape index (κ2) is 7.48. The summed E-state index contributed by atoms with van der Waals surface area (Å²) in [6.07, 6.45) is 0.842. The van der Waals surface area contributed by atoms with Crippen molar-refractivity contribution < 1.29 is 4.79 Å². The van der Waals surface area contributed by atoms with Gasteiger partial charge in [-0.3, -0.25) is 0 Å². The van der Waals surface area contributed by atoms with Gasteiger partial charge >= 0.3 is 6.03 Å². The molecule has 0 aromatic heterocycles. The molecule has 3 heteroatoms. The highest BCUT2D eigenvalue weighted by molar-refractivity contribution is 5.74. The van der Waals surface area contributed by atoms with Crippen molar-refractivity contribution in [3.8, 4) is 0 Å². The Morgan fingerprint density at radius 1 is 1.10 bits per heavy atom. The monoisotopic (exact) mass is 282 g/mol. The molecule has 0 radical (unpaired) electrons. The van der Waals surface area contributed by atoms with Gasteiger partial charge in [-0.2, -0.15) is 0 Å². The summed E-state index contributed by atoms with van der Waals surface area (Å²) in [5.41, 5.74) is 3.59. The van der Waals surface area contributed by atoms with E-state index in [1.54, 1.807) is 0 Å². The van der Waals surface area contributed by atoms with E-state index < -0.39 is 0 Å². The minimum absolute atomic E-state index is 0.00479. The molecule has 0 aliphatic heterocycles. The molecule has 0 bridgehead atoms. The summed E-state index contributed by atoms with van der Waals surface area (Å²) in [5.74, 6) is 0. The molecule has 2 amide bonds. The summed E-state index contributed by atoms with van der Waals surface area (Å²) in [7, 11) is 0. The molecular formula is C18H22N2O. The van der Waals surface area contributed by atoms with Gasteiger partial charge in [0.05, 0.1) is 6.04 Å². The third-order valence-corrected chi connectivity index (χ3v) is 3.43. The molecular weight excluding hydrogens is 260 g/mol. The second-order valence-electron chi connectivity index (χ2n) is 5.27. The highest BCUT2D eigenvalue weighted by Gasteiger charge is 2.08. The lowest BCUT2D eigenvalue weighted by Gasteiger charge is -2.15. The standard InChI is InChI=1S/C18H22N2O/c1-14-7-6-8-16(13-14)11-12-19-18(21)20-15(2)17-9-4-3-5-10-17/h3-10,13,15H,11-12H2,1-2H3,(H2,19,20,21). The molecule has 2 rings (SSSR count). The molecule has 0 fully saturated rings. The van der Waals surface area contributed by atoms with E-state index in [1.165, 1.54) is 11.1 Å². The van der Waals surface area contributed by atoms with Gasteiger partial charge in [-0.05, 0) is 31.4 Å². The van der Waals surface area contributed by atoms with Crippen molar-refractivity contribution in [2.45, 2.75) is 26.3 Å². The lowest BCUT2D eigenvalue weighted by Crippen LogP contribution is -2.38. The molecule has 0 aliphatic carbocycles. The highest BCUT2D eigenvalue weighted by atomic mass is 16.2. The van der Waals surface area contributed by atoms with Crippen LogP contribution in [-0.4, -0.2) is 12.6 Å². The lowest BCUT2D eigenvalue weighted by atomic mass is 10.1. The third-order valence-electron chi connectivity index (χ3n) is 3.43. The zero-order valence-electron chi connectivity index (χ0n) is 12.6. The Morgan fingerprint density at radius 2 is 1.86 bits per heavy atom. The highest BCUT2D eigenvalue weighted by Crippen LogP contribution is 2.10. The number of carbonyl (C=O) groups excluding carboxylic acids is 1. The Kier molecular flexibility index (Phi) is 5.38. The van der Waals surface area contributed by atoms with E-state index in [2.05, 4.69) is 35.8 Å². The predicted octanol–water partition coefficient (Wildman–Crippen LogP) is 3.60. The smallest absolute Gasteiger partial charge is 0.315 e. The van der Waals surface area contributed by atoms with Crippen molar-refractivity contribution in [3.63, 3.8) is 0 Å². The van der Waals surface area contributed by atoms with Crippen LogP contribution in [0.2, 0.25) is 0 Å². The van der Waals surface area contributed by atoms with Gasteiger partial charge in [-0.1, -0.05) is 60.2 Å². The Hall–Kier alpha value is -2.29. The zero-order valence-corrected chi connectivity index (χ0v) is 12.6. The fourth-order valence-corrected chi connectivity index (χ4v) is 2.26. The molecule has 0 aliphatic rings. The maximum absolute atomic E-state index is 11.9. The number of benzene rings is 2. The molecule has 2 aromatic rings. The zero-order chi connectivity index (χ0) is 15.1. The minimum atomic E-state index is -0.126. The van der Waals surface area contributed by atoms with Gasteiger partial charge in [-0.15, -0.1) is 0 Å². The normalized spacial score (nSPS) is 11.7. The Labute approximate surface area is 126 Å². The second-order valence-corrected chi connectivity index (χ2v) is 5.27. The first-order valence-electron chi connectivity index (χ1n) is 7.30. The van der Waals surface area contributed by atoms with Crippen LogP contribution in [0, 0.1) is 6.92 Å². The van der Waals surface area contributed by atoms with E-state index in [9.17, 15) is 4.79 Å². The molecule has 2 N–H and O–H groups in total. The summed E-state index contributed by atoms with van der Waals surface area (Å²) < 4.78 is 0. The van der Waals surface area contributed by atoms with E-state index >= 15 is 0 Å². The van der Waals surface area contributed by atoms with Crippen LogP contribution in [0.3, 0.4) is 0 Å². The molecule has 3 nitrogen and oxygen atoms in total. The minimum Gasteiger partial charge on any atom is -0.338 e. The summed E-state index contributed by atoms with van der Waals surface area (Å²) >= 11 is 0. The summed E-state index contributed by atoms with van der Waals surface area (Å²) in [6.45, 7) is 4.69. The van der Waals surface area contributed by atoms with Gasteiger partial charge in [-0.25, -0.2) is 4.79 Å². The first-order valence-corrected chi connectivity index (χ1v) is 7.30. The van der Waals surface area contributed by atoms with Gasteiger partial charge in [0.25, 0.3) is 0 Å². The van der Waals surface area contributed by atoms with E-state index in [0.29, 0.717) is 6.54 Å². The van der Waals surface area contributed by atoms with Crippen molar-refractivity contribution in [1.82, 2.24) is 10.6 Å². The van der Waals surface area contributed by atoms with E-state index in [-0.39, 0.29) is 12.1 Å². The number of hydrogen-bond donors (Lipinski definition) is 2. The maximum Gasteiger partial charge on any atom is 0.315 e. The van der Waals surface area contributed by atoms with Crippen LogP contribution in [0.4, 0.5) is 4.79 Å². The van der Waals surface area contributed by atoms with Crippen LogP contribution >= 0.6 is 0 Å². The number of hydrogen-bond acceptors (Lipinski definition) is 1. The van der Waals surface area contributed by atoms with E-state index in [0.717, 1.165) is 12.0 Å². The molecule has 0 spiro atoms. The van der Waals surface area contributed by atoms with Crippen LogP contribution in [0.5, 0.6) is 0 Å². The van der Waals surface area contributed by atoms with Crippen molar-refractivity contribution in [2.24, 2.45) is 0 Å². The summed E-state index contributed by atoms with van der Waals surface area (Å²) in [4.78, 5) is 11.9. The van der Waals surface area contributed by atoms with E-state index in [1.807, 2.05) is 43.3 Å². The molecule has 2 aromatic carbocycles. The molecule has 1 unspecified atom stereocenters. The Bertz CT molecular complexity index is 581. The average Bonchev–Trinajstić information content (AvgIpc) is 2.48. The quantitative estimate of drug-likeness (QED) is 0.864. The van der Waals surface area contributed by atoms with Crippen LogP contribution < -0.4 is 10.6 Å². The van der Waals surface area contributed by atoms with Gasteiger partial charge in [0.1, 0.15) is 0 Å². The van der Waals surface area contributed by atoms with E-state index in [4.69, 9.17) is 0 Å². The molecule has 0 saturated carbocycles. The largest absolute Gasteiger partial charge is 0.338 e. The average molecular weight is 282 g/mol. The van der Waals surface area contributed by atoms with Crippen molar-refractivity contribution in [1.29, 1.82) is 0 Å². The van der Waals surface area contributed by atoms with Crippen LogP contribution in [0.25, 0.3) is 0 Å². The summed E-state index contributed by atoms with van der Waals surface area (Å²) in [5, 5.41) is 5.84. The van der Waals surface area contributed by atoms with Gasteiger partial charge < -0.3 is 10.6 Å². The molecule has 1 atom stereocenters. The maximum atomic E-state index is 11.9. The van der Waals surface area contributed by atoms with Crippen molar-refractivity contribution >= 4 is 6.03 Å². The van der Waals surface area contributed by atoms with Gasteiger partial charge in [0.2, 0.25) is 0 Å². The molecule has 0 heterocycles. The van der Waals surface area contributed by atoms with Crippen molar-refractivity contribution in [3.05, 3.63) is 71.3 Å².